The third-order valence-electron chi connectivity index (χ3n) is 5.66. The zero-order valence-corrected chi connectivity index (χ0v) is 22.4. The summed E-state index contributed by atoms with van der Waals surface area (Å²) in [4.78, 5) is 12.6. The lowest BCUT2D eigenvalue weighted by Gasteiger charge is -2.23. The first-order valence-electron chi connectivity index (χ1n) is 11.2. The van der Waals surface area contributed by atoms with Gasteiger partial charge < -0.3 is 18.9 Å². The van der Waals surface area contributed by atoms with Crippen molar-refractivity contribution in [2.45, 2.75) is 18.3 Å². The fraction of sp³-hybridized carbons (Fsp3) is 0.364. The standard InChI is InChI=1S/C22H27N9O6S/c1-13(18(35-4)15-8-7-14(34-3)11-23-15)38(32,33)29-22-27-26-19(16-9-10-30(2)28-16)31(22)17-20(36-5)24-12-25-21(17)37-6/h7-13,18H,1-6H3,(H,27,29). The Morgan fingerprint density at radius 1 is 0.947 bits per heavy atom. The van der Waals surface area contributed by atoms with Crippen LogP contribution in [0, 0.1) is 0 Å². The number of rotatable bonds is 11. The third kappa shape index (κ3) is 5.08. The van der Waals surface area contributed by atoms with Crippen molar-refractivity contribution in [2.75, 3.05) is 33.2 Å². The Labute approximate surface area is 218 Å². The summed E-state index contributed by atoms with van der Waals surface area (Å²) in [5, 5.41) is 11.6. The number of nitrogens with one attached hydrogen (secondary N) is 1. The minimum Gasteiger partial charge on any atom is -0.495 e. The maximum atomic E-state index is 13.6. The zero-order chi connectivity index (χ0) is 27.4. The minimum absolute atomic E-state index is 0.0968. The molecule has 16 heteroatoms. The molecule has 4 aromatic heterocycles. The van der Waals surface area contributed by atoms with Crippen LogP contribution in [0.4, 0.5) is 5.95 Å². The molecular weight excluding hydrogens is 518 g/mol. The molecule has 4 rings (SSSR count). The van der Waals surface area contributed by atoms with E-state index in [2.05, 4.69) is 35.0 Å². The fourth-order valence-electron chi connectivity index (χ4n) is 3.72. The van der Waals surface area contributed by atoms with Gasteiger partial charge in [-0.3, -0.25) is 14.4 Å². The normalized spacial score (nSPS) is 13.1. The van der Waals surface area contributed by atoms with Crippen LogP contribution in [0.2, 0.25) is 0 Å². The number of pyridine rings is 1. The summed E-state index contributed by atoms with van der Waals surface area (Å²) in [5.74, 6) is 0.753. The van der Waals surface area contributed by atoms with Gasteiger partial charge in [0.15, 0.2) is 11.5 Å². The number of nitrogens with zero attached hydrogens (tertiary/aromatic N) is 8. The van der Waals surface area contributed by atoms with Crippen LogP contribution in [0.3, 0.4) is 0 Å². The van der Waals surface area contributed by atoms with Crippen molar-refractivity contribution in [3.63, 3.8) is 0 Å². The van der Waals surface area contributed by atoms with E-state index in [1.165, 1.54) is 52.5 Å². The highest BCUT2D eigenvalue weighted by molar-refractivity contribution is 7.93. The molecule has 4 heterocycles. The number of hydrogen-bond acceptors (Lipinski definition) is 12. The van der Waals surface area contributed by atoms with Crippen molar-refractivity contribution in [1.29, 1.82) is 0 Å². The first kappa shape index (κ1) is 26.7. The summed E-state index contributed by atoms with van der Waals surface area (Å²) < 4.78 is 54.2. The monoisotopic (exact) mass is 545 g/mol. The highest BCUT2D eigenvalue weighted by atomic mass is 32.2. The number of anilines is 1. The lowest BCUT2D eigenvalue weighted by molar-refractivity contribution is 0.0988. The van der Waals surface area contributed by atoms with E-state index in [1.54, 1.807) is 36.1 Å². The van der Waals surface area contributed by atoms with Crippen LogP contribution in [0.25, 0.3) is 17.2 Å². The molecule has 0 aliphatic rings. The highest BCUT2D eigenvalue weighted by Gasteiger charge is 2.35. The summed E-state index contributed by atoms with van der Waals surface area (Å²) in [6.07, 6.45) is 3.54. The summed E-state index contributed by atoms with van der Waals surface area (Å²) in [7, 11) is 3.33. The van der Waals surface area contributed by atoms with Gasteiger partial charge in [-0.05, 0) is 25.1 Å². The van der Waals surface area contributed by atoms with Crippen LogP contribution >= 0.6 is 0 Å². The molecule has 202 valence electrons. The second kappa shape index (κ2) is 11.0. The van der Waals surface area contributed by atoms with Crippen molar-refractivity contribution < 1.29 is 27.4 Å². The molecule has 2 unspecified atom stereocenters. The van der Waals surface area contributed by atoms with Gasteiger partial charge in [-0.2, -0.15) is 15.1 Å². The molecule has 0 aliphatic carbocycles. The van der Waals surface area contributed by atoms with Gasteiger partial charge in [-0.15, -0.1) is 10.2 Å². The molecule has 0 amide bonds. The molecule has 0 bridgehead atoms. The van der Waals surface area contributed by atoms with Gasteiger partial charge in [0.25, 0.3) is 0 Å². The topological polar surface area (TPSA) is 170 Å². The van der Waals surface area contributed by atoms with Crippen molar-refractivity contribution in [3.05, 3.63) is 42.6 Å². The van der Waals surface area contributed by atoms with Crippen molar-refractivity contribution in [2.24, 2.45) is 7.05 Å². The fourth-order valence-corrected chi connectivity index (χ4v) is 4.86. The summed E-state index contributed by atoms with van der Waals surface area (Å²) in [6, 6.07) is 5.00. The lowest BCUT2D eigenvalue weighted by atomic mass is 10.2. The third-order valence-corrected chi connectivity index (χ3v) is 7.35. The number of sulfonamides is 1. The lowest BCUT2D eigenvalue weighted by Crippen LogP contribution is -2.33. The predicted octanol–water partition coefficient (Wildman–Crippen LogP) is 1.40. The van der Waals surface area contributed by atoms with Gasteiger partial charge in [-0.25, -0.2) is 13.0 Å². The molecule has 38 heavy (non-hydrogen) atoms. The molecule has 0 aliphatic heterocycles. The molecule has 0 saturated heterocycles. The van der Waals surface area contributed by atoms with Gasteiger partial charge in [0.2, 0.25) is 27.7 Å². The van der Waals surface area contributed by atoms with E-state index in [0.29, 0.717) is 17.1 Å². The van der Waals surface area contributed by atoms with Crippen LogP contribution in [-0.2, 0) is 21.8 Å². The first-order valence-corrected chi connectivity index (χ1v) is 12.7. The maximum absolute atomic E-state index is 13.6. The second-order valence-electron chi connectivity index (χ2n) is 7.93. The van der Waals surface area contributed by atoms with Crippen molar-refractivity contribution >= 4 is 16.0 Å². The highest BCUT2D eigenvalue weighted by Crippen LogP contribution is 2.35. The summed E-state index contributed by atoms with van der Waals surface area (Å²) in [5.41, 5.74) is 0.985. The minimum atomic E-state index is -4.14. The van der Waals surface area contributed by atoms with Crippen LogP contribution in [0.15, 0.2) is 36.9 Å². The van der Waals surface area contributed by atoms with Gasteiger partial charge in [0.1, 0.15) is 29.1 Å². The average Bonchev–Trinajstić information content (AvgIpc) is 3.54. The van der Waals surface area contributed by atoms with E-state index in [4.69, 9.17) is 18.9 Å². The molecule has 1 N–H and O–H groups in total. The molecule has 4 aromatic rings. The van der Waals surface area contributed by atoms with E-state index in [1.807, 2.05) is 0 Å². The van der Waals surface area contributed by atoms with Crippen LogP contribution < -0.4 is 18.9 Å². The Balaban J connectivity index is 1.80. The Bertz CT molecular complexity index is 1480. The zero-order valence-electron chi connectivity index (χ0n) is 21.6. The quantitative estimate of drug-likeness (QED) is 0.288. The molecule has 0 saturated carbocycles. The Morgan fingerprint density at radius 3 is 2.18 bits per heavy atom. The van der Waals surface area contributed by atoms with E-state index in [9.17, 15) is 8.42 Å². The number of aromatic nitrogens is 8. The Morgan fingerprint density at radius 2 is 1.66 bits per heavy atom. The summed E-state index contributed by atoms with van der Waals surface area (Å²) in [6.45, 7) is 1.50. The van der Waals surface area contributed by atoms with Gasteiger partial charge in [0.05, 0.1) is 33.2 Å². The molecular formula is C22H27N9O6S. The average molecular weight is 546 g/mol. The molecule has 0 radical (unpaired) electrons. The van der Waals surface area contributed by atoms with Crippen LogP contribution in [0.5, 0.6) is 17.5 Å². The van der Waals surface area contributed by atoms with Crippen LogP contribution in [-0.4, -0.2) is 81.6 Å². The maximum Gasteiger partial charge on any atom is 0.245 e. The number of aryl methyl sites for hydroxylation is 1. The number of ether oxygens (including phenoxy) is 4. The van der Waals surface area contributed by atoms with Gasteiger partial charge in [-0.1, -0.05) is 0 Å². The first-order chi connectivity index (χ1) is 18.2. The smallest absolute Gasteiger partial charge is 0.245 e. The Kier molecular flexibility index (Phi) is 7.72. The predicted molar refractivity (Wildman–Crippen MR) is 135 cm³/mol. The molecule has 2 atom stereocenters. The second-order valence-corrected chi connectivity index (χ2v) is 9.97. The summed E-state index contributed by atoms with van der Waals surface area (Å²) >= 11 is 0. The van der Waals surface area contributed by atoms with E-state index < -0.39 is 21.4 Å². The van der Waals surface area contributed by atoms with Crippen LogP contribution in [0.1, 0.15) is 18.7 Å². The van der Waals surface area contributed by atoms with Crippen molar-refractivity contribution in [1.82, 2.24) is 39.5 Å². The SMILES string of the molecule is COc1ccc(C(OC)C(C)S(=O)(=O)Nc2nnc(-c3ccn(C)n3)n2-c2c(OC)ncnc2OC)nc1. The van der Waals surface area contributed by atoms with Crippen molar-refractivity contribution in [3.8, 4) is 34.7 Å². The van der Waals surface area contributed by atoms with E-state index >= 15 is 0 Å². The molecule has 0 spiro atoms. The molecule has 0 aromatic carbocycles. The van der Waals surface area contributed by atoms with E-state index in [-0.39, 0.29) is 29.2 Å². The van der Waals surface area contributed by atoms with Gasteiger partial charge >= 0.3 is 0 Å². The van der Waals surface area contributed by atoms with E-state index in [0.717, 1.165) is 0 Å². The van der Waals surface area contributed by atoms with Gasteiger partial charge in [0, 0.05) is 20.4 Å². The number of methoxy groups -OCH3 is 4. The largest absolute Gasteiger partial charge is 0.495 e. The molecule has 15 nitrogen and oxygen atoms in total. The number of hydrogen-bond donors (Lipinski definition) is 1. The molecule has 0 fully saturated rings. The Hall–Kier alpha value is -4.31.